The van der Waals surface area contributed by atoms with Gasteiger partial charge in [0.15, 0.2) is 0 Å². The Hall–Kier alpha value is -4.12. The highest BCUT2D eigenvalue weighted by Gasteiger charge is 2.32. The molecule has 0 aliphatic heterocycles. The molecule has 2 aromatic carbocycles. The normalized spacial score (nSPS) is 12.6. The Morgan fingerprint density at radius 3 is 2.17 bits per heavy atom. The molecular formula is C30H31ClF3N3O5. The third kappa shape index (κ3) is 9.76. The molecule has 0 bridgehead atoms. The zero-order valence-electron chi connectivity index (χ0n) is 23.0. The number of hydrogen-bond acceptors (Lipinski definition) is 6. The van der Waals surface area contributed by atoms with Crippen LogP contribution in [-0.2, 0) is 9.53 Å². The van der Waals surface area contributed by atoms with Crippen molar-refractivity contribution >= 4 is 29.4 Å². The summed E-state index contributed by atoms with van der Waals surface area (Å²) in [4.78, 5) is 41.4. The predicted molar refractivity (Wildman–Crippen MR) is 150 cm³/mol. The number of nitrogens with one attached hydrogen (secondary N) is 2. The molecule has 2 unspecified atom stereocenters. The molecule has 3 rings (SSSR count). The lowest BCUT2D eigenvalue weighted by molar-refractivity contribution is -0.274. The number of pyridine rings is 1. The van der Waals surface area contributed by atoms with Crippen molar-refractivity contribution in [2.75, 3.05) is 13.2 Å². The molecule has 1 heterocycles. The van der Waals surface area contributed by atoms with Crippen molar-refractivity contribution in [2.45, 2.75) is 51.4 Å². The van der Waals surface area contributed by atoms with E-state index >= 15 is 0 Å². The summed E-state index contributed by atoms with van der Waals surface area (Å²) in [7, 11) is 0. The molecule has 0 aliphatic rings. The molecule has 0 aliphatic carbocycles. The zero-order valence-corrected chi connectivity index (χ0v) is 23.8. The fourth-order valence-corrected chi connectivity index (χ4v) is 4.46. The average Bonchev–Trinajstić information content (AvgIpc) is 2.95. The minimum atomic E-state index is -4.84. The second-order valence-electron chi connectivity index (χ2n) is 9.26. The van der Waals surface area contributed by atoms with E-state index in [4.69, 9.17) is 16.3 Å². The predicted octanol–water partition coefficient (Wildman–Crippen LogP) is 6.37. The summed E-state index contributed by atoms with van der Waals surface area (Å²) in [5, 5.41) is 6.01. The van der Waals surface area contributed by atoms with Crippen LogP contribution in [0.4, 0.5) is 13.2 Å². The molecule has 0 saturated heterocycles. The molecule has 0 spiro atoms. The smallest absolute Gasteiger partial charge is 0.466 e. The number of halogens is 4. The van der Waals surface area contributed by atoms with Gasteiger partial charge >= 0.3 is 12.3 Å². The number of amides is 2. The second-order valence-corrected chi connectivity index (χ2v) is 9.69. The van der Waals surface area contributed by atoms with Crippen molar-refractivity contribution in [1.29, 1.82) is 0 Å². The van der Waals surface area contributed by atoms with Crippen molar-refractivity contribution in [3.63, 3.8) is 0 Å². The minimum Gasteiger partial charge on any atom is -0.466 e. The highest BCUT2D eigenvalue weighted by Crippen LogP contribution is 2.36. The van der Waals surface area contributed by atoms with E-state index in [0.717, 1.165) is 12.0 Å². The molecule has 224 valence electrons. The van der Waals surface area contributed by atoms with Gasteiger partial charge < -0.3 is 20.1 Å². The van der Waals surface area contributed by atoms with Gasteiger partial charge in [-0.3, -0.25) is 14.4 Å². The summed E-state index contributed by atoms with van der Waals surface area (Å²) in [6.45, 7) is 4.05. The van der Waals surface area contributed by atoms with Crippen LogP contribution in [0.5, 0.6) is 5.75 Å². The number of aromatic nitrogens is 1. The lowest BCUT2D eigenvalue weighted by Gasteiger charge is -2.29. The number of nitrogens with zero attached hydrogens (tertiary/aromatic N) is 1. The molecule has 1 aromatic heterocycles. The number of hydrogen-bond donors (Lipinski definition) is 2. The van der Waals surface area contributed by atoms with Crippen LogP contribution >= 0.6 is 11.6 Å². The van der Waals surface area contributed by atoms with Gasteiger partial charge in [0.2, 0.25) is 0 Å². The summed E-state index contributed by atoms with van der Waals surface area (Å²) in [6.07, 6.45) is -2.12. The van der Waals surface area contributed by atoms with Gasteiger partial charge in [-0.15, -0.1) is 13.2 Å². The Kier molecular flexibility index (Phi) is 11.7. The minimum absolute atomic E-state index is 0.0485. The fraction of sp³-hybridized carbons (Fsp3) is 0.333. The first-order chi connectivity index (χ1) is 20.0. The first kappa shape index (κ1) is 32.4. The molecule has 0 fully saturated rings. The SMILES string of the molecule is CCCC(c1ccc(C(=O)NCCC(=O)OCC)cc1)C(NC(=O)c1ccc(Cl)cn1)c1ccc(OC(F)(F)F)cc1. The lowest BCUT2D eigenvalue weighted by Crippen LogP contribution is -2.33. The third-order valence-electron chi connectivity index (χ3n) is 6.24. The number of benzene rings is 2. The maximum atomic E-state index is 13.2. The second kappa shape index (κ2) is 15.2. The molecular weight excluding hydrogens is 575 g/mol. The number of ether oxygens (including phenoxy) is 2. The van der Waals surface area contributed by atoms with E-state index in [2.05, 4.69) is 20.4 Å². The monoisotopic (exact) mass is 605 g/mol. The standard InChI is InChI=1S/C30H31ClF3N3O5/c1-3-5-24(19-6-8-21(9-7-19)28(39)35-17-16-26(38)41-4-2)27(37-29(40)25-15-12-22(31)18-36-25)20-10-13-23(14-11-20)42-30(32,33)34/h6-15,18,24,27H,3-5,16-17H2,1-2H3,(H,35,39)(H,37,40). The van der Waals surface area contributed by atoms with Crippen LogP contribution in [0.25, 0.3) is 0 Å². The maximum Gasteiger partial charge on any atom is 0.573 e. The Morgan fingerprint density at radius 2 is 1.60 bits per heavy atom. The first-order valence-electron chi connectivity index (χ1n) is 13.3. The highest BCUT2D eigenvalue weighted by molar-refractivity contribution is 6.30. The lowest BCUT2D eigenvalue weighted by atomic mass is 9.83. The molecule has 0 saturated carbocycles. The summed E-state index contributed by atoms with van der Waals surface area (Å²) < 4.78 is 47.0. The Labute approximate surface area is 246 Å². The number of esters is 1. The summed E-state index contributed by atoms with van der Waals surface area (Å²) in [5.74, 6) is -1.97. The van der Waals surface area contributed by atoms with E-state index in [0.29, 0.717) is 22.6 Å². The van der Waals surface area contributed by atoms with Gasteiger partial charge in [-0.1, -0.05) is 49.2 Å². The Morgan fingerprint density at radius 1 is 0.929 bits per heavy atom. The highest BCUT2D eigenvalue weighted by atomic mass is 35.5. The van der Waals surface area contributed by atoms with Crippen LogP contribution < -0.4 is 15.4 Å². The quantitative estimate of drug-likeness (QED) is 0.219. The van der Waals surface area contributed by atoms with E-state index in [9.17, 15) is 27.6 Å². The van der Waals surface area contributed by atoms with Crippen molar-refractivity contribution < 1.29 is 37.0 Å². The van der Waals surface area contributed by atoms with E-state index in [1.54, 1.807) is 31.2 Å². The topological polar surface area (TPSA) is 107 Å². The molecule has 2 N–H and O–H groups in total. The molecule has 2 amide bonds. The van der Waals surface area contributed by atoms with Gasteiger partial charge in [-0.05, 0) is 60.9 Å². The average molecular weight is 606 g/mol. The third-order valence-corrected chi connectivity index (χ3v) is 6.47. The van der Waals surface area contributed by atoms with Crippen LogP contribution in [0.3, 0.4) is 0 Å². The first-order valence-corrected chi connectivity index (χ1v) is 13.7. The summed E-state index contributed by atoms with van der Waals surface area (Å²) >= 11 is 5.90. The van der Waals surface area contributed by atoms with Gasteiger partial charge in [0.25, 0.3) is 11.8 Å². The van der Waals surface area contributed by atoms with Gasteiger partial charge in [-0.25, -0.2) is 4.98 Å². The maximum absolute atomic E-state index is 13.2. The number of carbonyl (C=O) groups excluding carboxylic acids is 3. The molecule has 12 heteroatoms. The Balaban J connectivity index is 1.87. The molecule has 8 nitrogen and oxygen atoms in total. The Bertz CT molecular complexity index is 1330. The van der Waals surface area contributed by atoms with Gasteiger partial charge in [0, 0.05) is 24.2 Å². The zero-order chi connectivity index (χ0) is 30.7. The van der Waals surface area contributed by atoms with E-state index in [1.807, 2.05) is 6.92 Å². The van der Waals surface area contributed by atoms with Crippen molar-refractivity contribution in [1.82, 2.24) is 15.6 Å². The molecule has 2 atom stereocenters. The van der Waals surface area contributed by atoms with Crippen LogP contribution in [-0.4, -0.2) is 42.3 Å². The van der Waals surface area contributed by atoms with E-state index < -0.39 is 24.3 Å². The van der Waals surface area contributed by atoms with Crippen molar-refractivity contribution in [2.24, 2.45) is 0 Å². The largest absolute Gasteiger partial charge is 0.573 e. The van der Waals surface area contributed by atoms with Crippen molar-refractivity contribution in [3.05, 3.63) is 94.3 Å². The number of carbonyl (C=O) groups is 3. The molecule has 0 radical (unpaired) electrons. The summed E-state index contributed by atoms with van der Waals surface area (Å²) in [5.41, 5.74) is 1.83. The van der Waals surface area contributed by atoms with Crippen LogP contribution in [0.1, 0.15) is 77.0 Å². The van der Waals surface area contributed by atoms with Crippen LogP contribution in [0, 0.1) is 0 Å². The van der Waals surface area contributed by atoms with Gasteiger partial charge in [-0.2, -0.15) is 0 Å². The number of rotatable bonds is 13. The van der Waals surface area contributed by atoms with Gasteiger partial charge in [0.05, 0.1) is 24.1 Å². The summed E-state index contributed by atoms with van der Waals surface area (Å²) in [6, 6.07) is 14.5. The van der Waals surface area contributed by atoms with E-state index in [-0.39, 0.29) is 42.8 Å². The van der Waals surface area contributed by atoms with Crippen LogP contribution in [0.2, 0.25) is 5.02 Å². The molecule has 3 aromatic rings. The van der Waals surface area contributed by atoms with Gasteiger partial charge in [0.1, 0.15) is 11.4 Å². The fourth-order valence-electron chi connectivity index (χ4n) is 4.35. The van der Waals surface area contributed by atoms with Crippen molar-refractivity contribution in [3.8, 4) is 5.75 Å². The number of alkyl halides is 3. The van der Waals surface area contributed by atoms with E-state index in [1.165, 1.54) is 42.6 Å². The molecule has 42 heavy (non-hydrogen) atoms. The van der Waals surface area contributed by atoms with Crippen LogP contribution in [0.15, 0.2) is 66.9 Å².